The van der Waals surface area contributed by atoms with E-state index in [1.807, 2.05) is 13.0 Å². The van der Waals surface area contributed by atoms with E-state index in [-0.39, 0.29) is 0 Å². The molecule has 1 aliphatic rings. The fourth-order valence-corrected chi connectivity index (χ4v) is 1.99. The van der Waals surface area contributed by atoms with E-state index >= 15 is 0 Å². The summed E-state index contributed by atoms with van der Waals surface area (Å²) in [6, 6.07) is 2.55. The van der Waals surface area contributed by atoms with Crippen LogP contribution < -0.4 is 15.5 Å². The fraction of sp³-hybridized carbons (Fsp3) is 0.714. The second kappa shape index (κ2) is 6.19. The average molecular weight is 263 g/mol. The molecule has 0 saturated carbocycles. The molecule has 5 nitrogen and oxygen atoms in total. The van der Waals surface area contributed by atoms with Gasteiger partial charge in [0.15, 0.2) is 0 Å². The van der Waals surface area contributed by atoms with Crippen molar-refractivity contribution in [1.29, 1.82) is 0 Å². The van der Waals surface area contributed by atoms with Crippen molar-refractivity contribution in [2.24, 2.45) is 5.92 Å². The predicted octanol–water partition coefficient (Wildman–Crippen LogP) is 1.65. The van der Waals surface area contributed by atoms with E-state index in [4.69, 9.17) is 0 Å². The molecule has 2 rings (SSSR count). The third kappa shape index (κ3) is 4.06. The number of hydrogen-bond acceptors (Lipinski definition) is 5. The standard InChI is InChI=1S/C14H25N5/c1-10(2)5-6-19(4)14-7-13(16-11(3)17-14)18-12-8-15-9-12/h7,10,12,15H,5-6,8-9H2,1-4H3,(H,16,17,18). The van der Waals surface area contributed by atoms with Gasteiger partial charge in [-0.3, -0.25) is 0 Å². The zero-order chi connectivity index (χ0) is 13.8. The molecule has 1 fully saturated rings. The molecular weight excluding hydrogens is 238 g/mol. The number of nitrogens with zero attached hydrogens (tertiary/aromatic N) is 3. The van der Waals surface area contributed by atoms with E-state index in [0.717, 1.165) is 37.1 Å². The predicted molar refractivity (Wildman–Crippen MR) is 79.8 cm³/mol. The number of hydrogen-bond donors (Lipinski definition) is 2. The number of rotatable bonds is 6. The fourth-order valence-electron chi connectivity index (χ4n) is 1.99. The minimum Gasteiger partial charge on any atom is -0.365 e. The van der Waals surface area contributed by atoms with Crippen LogP contribution in [0.15, 0.2) is 6.07 Å². The van der Waals surface area contributed by atoms with Gasteiger partial charge in [0.2, 0.25) is 0 Å². The summed E-state index contributed by atoms with van der Waals surface area (Å²) in [7, 11) is 2.10. The molecule has 0 unspecified atom stereocenters. The van der Waals surface area contributed by atoms with Crippen molar-refractivity contribution in [3.05, 3.63) is 11.9 Å². The molecule has 0 bridgehead atoms. The quantitative estimate of drug-likeness (QED) is 0.817. The number of aryl methyl sites for hydroxylation is 1. The first-order valence-corrected chi connectivity index (χ1v) is 7.08. The van der Waals surface area contributed by atoms with Crippen LogP contribution in [0.4, 0.5) is 11.6 Å². The first kappa shape index (κ1) is 14.1. The smallest absolute Gasteiger partial charge is 0.134 e. The zero-order valence-electron chi connectivity index (χ0n) is 12.4. The van der Waals surface area contributed by atoms with Crippen molar-refractivity contribution >= 4 is 11.6 Å². The number of aromatic nitrogens is 2. The molecule has 1 aliphatic heterocycles. The molecule has 1 saturated heterocycles. The molecule has 106 valence electrons. The lowest BCUT2D eigenvalue weighted by Gasteiger charge is -2.29. The lowest BCUT2D eigenvalue weighted by molar-refractivity contribution is 0.471. The van der Waals surface area contributed by atoms with E-state index in [1.54, 1.807) is 0 Å². The van der Waals surface area contributed by atoms with Gasteiger partial charge in [0.1, 0.15) is 17.5 Å². The highest BCUT2D eigenvalue weighted by Gasteiger charge is 2.17. The van der Waals surface area contributed by atoms with Crippen molar-refractivity contribution in [3.63, 3.8) is 0 Å². The SMILES string of the molecule is Cc1nc(NC2CNC2)cc(N(C)CCC(C)C)n1. The van der Waals surface area contributed by atoms with Gasteiger partial charge < -0.3 is 15.5 Å². The van der Waals surface area contributed by atoms with Crippen molar-refractivity contribution in [2.75, 3.05) is 36.9 Å². The van der Waals surface area contributed by atoms with Gasteiger partial charge in [-0.05, 0) is 19.3 Å². The molecule has 0 radical (unpaired) electrons. The maximum Gasteiger partial charge on any atom is 0.134 e. The van der Waals surface area contributed by atoms with Crippen molar-refractivity contribution < 1.29 is 0 Å². The number of nitrogens with one attached hydrogen (secondary N) is 2. The summed E-state index contributed by atoms with van der Waals surface area (Å²) < 4.78 is 0. The minimum atomic E-state index is 0.503. The van der Waals surface area contributed by atoms with Crippen molar-refractivity contribution in [3.8, 4) is 0 Å². The first-order valence-electron chi connectivity index (χ1n) is 7.08. The Hall–Kier alpha value is -1.36. The Morgan fingerprint density at radius 2 is 2.16 bits per heavy atom. The van der Waals surface area contributed by atoms with Gasteiger partial charge in [-0.2, -0.15) is 0 Å². The molecule has 2 N–H and O–H groups in total. The molecule has 19 heavy (non-hydrogen) atoms. The van der Waals surface area contributed by atoms with Crippen molar-refractivity contribution in [2.45, 2.75) is 33.2 Å². The molecule has 0 aromatic carbocycles. The highest BCUT2D eigenvalue weighted by molar-refractivity contribution is 5.49. The molecule has 0 atom stereocenters. The summed E-state index contributed by atoms with van der Waals surface area (Å²) in [5, 5.41) is 6.69. The maximum absolute atomic E-state index is 4.52. The third-order valence-corrected chi connectivity index (χ3v) is 3.39. The van der Waals surface area contributed by atoms with Crippen LogP contribution in [0.1, 0.15) is 26.1 Å². The molecule has 1 aromatic heterocycles. The van der Waals surface area contributed by atoms with Crippen LogP contribution in [0.2, 0.25) is 0 Å². The lowest BCUT2D eigenvalue weighted by Crippen LogP contribution is -2.51. The summed E-state index contributed by atoms with van der Waals surface area (Å²) in [5.41, 5.74) is 0. The Kier molecular flexibility index (Phi) is 4.58. The largest absolute Gasteiger partial charge is 0.365 e. The minimum absolute atomic E-state index is 0.503. The van der Waals surface area contributed by atoms with Gasteiger partial charge in [-0.1, -0.05) is 13.8 Å². The van der Waals surface area contributed by atoms with Crippen LogP contribution in [0.5, 0.6) is 0 Å². The van der Waals surface area contributed by atoms with Crippen LogP contribution >= 0.6 is 0 Å². The molecule has 0 amide bonds. The van der Waals surface area contributed by atoms with Crippen LogP contribution in [-0.4, -0.2) is 42.7 Å². The summed E-state index contributed by atoms with van der Waals surface area (Å²) >= 11 is 0. The highest BCUT2D eigenvalue weighted by Crippen LogP contribution is 2.17. The Bertz CT molecular complexity index is 414. The van der Waals surface area contributed by atoms with E-state index in [9.17, 15) is 0 Å². The van der Waals surface area contributed by atoms with E-state index in [0.29, 0.717) is 12.0 Å². The third-order valence-electron chi connectivity index (χ3n) is 3.39. The normalized spacial score (nSPS) is 15.4. The summed E-state index contributed by atoms with van der Waals surface area (Å²) in [6.45, 7) is 9.50. The summed E-state index contributed by atoms with van der Waals surface area (Å²) in [5.74, 6) is 3.47. The van der Waals surface area contributed by atoms with Gasteiger partial charge >= 0.3 is 0 Å². The van der Waals surface area contributed by atoms with Crippen LogP contribution in [-0.2, 0) is 0 Å². The molecule has 0 aliphatic carbocycles. The molecule has 0 spiro atoms. The average Bonchev–Trinajstić information content (AvgIpc) is 2.30. The molecule has 1 aromatic rings. The second-order valence-electron chi connectivity index (χ2n) is 5.76. The summed E-state index contributed by atoms with van der Waals surface area (Å²) in [6.07, 6.45) is 1.18. The van der Waals surface area contributed by atoms with Gasteiger partial charge in [0, 0.05) is 32.7 Å². The lowest BCUT2D eigenvalue weighted by atomic mass is 10.1. The molecular formula is C14H25N5. The van der Waals surface area contributed by atoms with E-state index in [2.05, 4.69) is 46.4 Å². The highest BCUT2D eigenvalue weighted by atomic mass is 15.2. The van der Waals surface area contributed by atoms with Crippen molar-refractivity contribution in [1.82, 2.24) is 15.3 Å². The maximum atomic E-state index is 4.52. The Labute approximate surface area is 115 Å². The van der Waals surface area contributed by atoms with Crippen LogP contribution in [0.3, 0.4) is 0 Å². The Balaban J connectivity index is 2.02. The van der Waals surface area contributed by atoms with Crippen LogP contribution in [0, 0.1) is 12.8 Å². The Morgan fingerprint density at radius 3 is 2.74 bits per heavy atom. The topological polar surface area (TPSA) is 53.1 Å². The molecule has 2 heterocycles. The van der Waals surface area contributed by atoms with Crippen LogP contribution in [0.25, 0.3) is 0 Å². The number of anilines is 2. The zero-order valence-corrected chi connectivity index (χ0v) is 12.4. The van der Waals surface area contributed by atoms with Gasteiger partial charge in [-0.25, -0.2) is 9.97 Å². The van der Waals surface area contributed by atoms with E-state index in [1.165, 1.54) is 6.42 Å². The Morgan fingerprint density at radius 1 is 1.42 bits per heavy atom. The van der Waals surface area contributed by atoms with Gasteiger partial charge in [0.25, 0.3) is 0 Å². The second-order valence-corrected chi connectivity index (χ2v) is 5.76. The summed E-state index contributed by atoms with van der Waals surface area (Å²) in [4.78, 5) is 11.2. The van der Waals surface area contributed by atoms with E-state index < -0.39 is 0 Å². The van der Waals surface area contributed by atoms with Gasteiger partial charge in [0.05, 0.1) is 6.04 Å². The monoisotopic (exact) mass is 263 g/mol. The first-order chi connectivity index (χ1) is 9.04. The molecule has 5 heteroatoms. The van der Waals surface area contributed by atoms with Gasteiger partial charge in [-0.15, -0.1) is 0 Å².